The first kappa shape index (κ1) is 14.7. The van der Waals surface area contributed by atoms with Gasteiger partial charge in [0.1, 0.15) is 5.69 Å². The first-order chi connectivity index (χ1) is 10.9. The molecular weight excluding hydrogens is 293 g/mol. The van der Waals surface area contributed by atoms with Crippen molar-refractivity contribution < 1.29 is 9.18 Å². The Morgan fingerprint density at radius 1 is 1.39 bits per heavy atom. The number of carbonyl (C=O) groups is 1. The highest BCUT2D eigenvalue weighted by Gasteiger charge is 2.56. The quantitative estimate of drug-likeness (QED) is 0.891. The van der Waals surface area contributed by atoms with Crippen molar-refractivity contribution in [3.8, 4) is 0 Å². The number of amides is 1. The Labute approximate surface area is 134 Å². The van der Waals surface area contributed by atoms with Gasteiger partial charge < -0.3 is 10.3 Å². The maximum atomic E-state index is 13.7. The van der Waals surface area contributed by atoms with Crippen LogP contribution in [0.3, 0.4) is 0 Å². The minimum absolute atomic E-state index is 0.156. The predicted molar refractivity (Wildman–Crippen MR) is 86.5 cm³/mol. The van der Waals surface area contributed by atoms with E-state index in [2.05, 4.69) is 36.1 Å². The lowest BCUT2D eigenvalue weighted by Gasteiger charge is -2.62. The number of hydrogen-bond donors (Lipinski definition) is 2. The molecule has 122 valence electrons. The zero-order valence-corrected chi connectivity index (χ0v) is 13.7. The highest BCUT2D eigenvalue weighted by Crippen LogP contribution is 2.61. The molecule has 3 aliphatic carbocycles. The van der Waals surface area contributed by atoms with Crippen LogP contribution in [-0.2, 0) is 0 Å². The number of H-pyrrole nitrogens is 1. The summed E-state index contributed by atoms with van der Waals surface area (Å²) < 4.78 is 13.7. The van der Waals surface area contributed by atoms with Gasteiger partial charge in [0, 0.05) is 11.4 Å². The Morgan fingerprint density at radius 2 is 2.17 bits per heavy atom. The highest BCUT2D eigenvalue weighted by atomic mass is 19.1. The zero-order valence-electron chi connectivity index (χ0n) is 13.7. The largest absolute Gasteiger partial charge is 0.349 e. The van der Waals surface area contributed by atoms with Gasteiger partial charge in [-0.3, -0.25) is 9.78 Å². The molecule has 4 nitrogen and oxygen atoms in total. The third kappa shape index (κ3) is 2.09. The number of halogens is 1. The van der Waals surface area contributed by atoms with Crippen molar-refractivity contribution >= 4 is 16.8 Å². The van der Waals surface area contributed by atoms with Gasteiger partial charge in [-0.15, -0.1) is 0 Å². The number of fused-ring (bicyclic) bond motifs is 3. The number of nitrogens with zero attached hydrogens (tertiary/aromatic N) is 1. The van der Waals surface area contributed by atoms with Crippen LogP contribution in [0.15, 0.2) is 18.5 Å². The molecular formula is C18H22FN3O. The average Bonchev–Trinajstić information content (AvgIpc) is 2.94. The van der Waals surface area contributed by atoms with Crippen LogP contribution in [0.4, 0.5) is 4.39 Å². The molecule has 0 unspecified atom stereocenters. The van der Waals surface area contributed by atoms with Crippen LogP contribution in [0.2, 0.25) is 0 Å². The van der Waals surface area contributed by atoms with Gasteiger partial charge in [-0.1, -0.05) is 20.8 Å². The Hall–Kier alpha value is -1.91. The summed E-state index contributed by atoms with van der Waals surface area (Å²) in [5.41, 5.74) is 1.35. The molecule has 4 atom stereocenters. The number of hydrogen-bond acceptors (Lipinski definition) is 2. The number of aromatic nitrogens is 2. The van der Waals surface area contributed by atoms with E-state index < -0.39 is 5.82 Å². The molecule has 5 heteroatoms. The fraction of sp³-hybridized carbons (Fsp3) is 0.556. The molecule has 3 fully saturated rings. The molecule has 1 amide bonds. The van der Waals surface area contributed by atoms with E-state index in [4.69, 9.17) is 0 Å². The summed E-state index contributed by atoms with van der Waals surface area (Å²) in [4.78, 5) is 19.3. The summed E-state index contributed by atoms with van der Waals surface area (Å²) in [7, 11) is 0. The molecule has 2 N–H and O–H groups in total. The minimum atomic E-state index is -0.410. The molecule has 0 spiro atoms. The van der Waals surface area contributed by atoms with Crippen molar-refractivity contribution in [1.82, 2.24) is 15.3 Å². The van der Waals surface area contributed by atoms with Gasteiger partial charge in [-0.25, -0.2) is 4.39 Å². The van der Waals surface area contributed by atoms with Crippen LogP contribution in [0.25, 0.3) is 10.9 Å². The number of carbonyl (C=O) groups excluding carboxylic acids is 1. The van der Waals surface area contributed by atoms with Crippen LogP contribution in [-0.4, -0.2) is 21.9 Å². The lowest BCUT2D eigenvalue weighted by Crippen LogP contribution is -2.60. The van der Waals surface area contributed by atoms with Crippen molar-refractivity contribution in [2.24, 2.45) is 23.2 Å². The third-order valence-corrected chi connectivity index (χ3v) is 6.41. The van der Waals surface area contributed by atoms with E-state index in [0.29, 0.717) is 39.8 Å². The summed E-state index contributed by atoms with van der Waals surface area (Å²) in [5.74, 6) is 1.28. The van der Waals surface area contributed by atoms with Crippen LogP contribution in [0, 0.1) is 29.0 Å². The van der Waals surface area contributed by atoms with Crippen LogP contribution in [0.1, 0.15) is 44.1 Å². The highest BCUT2D eigenvalue weighted by molar-refractivity contribution is 5.98. The van der Waals surface area contributed by atoms with E-state index in [0.717, 1.165) is 12.6 Å². The van der Waals surface area contributed by atoms with E-state index in [9.17, 15) is 9.18 Å². The van der Waals surface area contributed by atoms with Crippen LogP contribution >= 0.6 is 0 Å². The Balaban J connectivity index is 1.53. The van der Waals surface area contributed by atoms with Gasteiger partial charge >= 0.3 is 0 Å². The summed E-state index contributed by atoms with van der Waals surface area (Å²) >= 11 is 0. The second-order valence-corrected chi connectivity index (χ2v) is 7.80. The molecule has 0 aromatic carbocycles. The SMILES string of the molecule is C[C@@H]1[C@@H](NC(=O)c2cc3c(F)cncc3[nH]2)C[C@H]2C[C@@H]1C2(C)C. The maximum Gasteiger partial charge on any atom is 0.267 e. The zero-order chi connectivity index (χ0) is 16.4. The molecule has 3 saturated carbocycles. The lowest BCUT2D eigenvalue weighted by atomic mass is 9.45. The Bertz CT molecular complexity index is 782. The predicted octanol–water partition coefficient (Wildman–Crippen LogP) is 3.50. The van der Waals surface area contributed by atoms with Gasteiger partial charge in [-0.2, -0.15) is 0 Å². The smallest absolute Gasteiger partial charge is 0.267 e. The Kier molecular flexibility index (Phi) is 3.06. The number of pyridine rings is 1. The topological polar surface area (TPSA) is 57.8 Å². The molecule has 0 radical (unpaired) electrons. The van der Waals surface area contributed by atoms with E-state index in [1.807, 2.05) is 0 Å². The lowest BCUT2D eigenvalue weighted by molar-refractivity contribution is -0.113. The molecule has 0 saturated heterocycles. The molecule has 2 aromatic rings. The number of aromatic amines is 1. The molecule has 2 heterocycles. The van der Waals surface area contributed by atoms with Gasteiger partial charge in [-0.05, 0) is 42.1 Å². The van der Waals surface area contributed by atoms with Gasteiger partial charge in [0.05, 0.1) is 17.9 Å². The molecule has 5 rings (SSSR count). The monoisotopic (exact) mass is 315 g/mol. The minimum Gasteiger partial charge on any atom is -0.349 e. The van der Waals surface area contributed by atoms with Gasteiger partial charge in [0.15, 0.2) is 5.82 Å². The maximum absolute atomic E-state index is 13.7. The van der Waals surface area contributed by atoms with Crippen LogP contribution < -0.4 is 5.32 Å². The average molecular weight is 315 g/mol. The summed E-state index contributed by atoms with van der Waals surface area (Å²) in [6, 6.07) is 1.77. The molecule has 23 heavy (non-hydrogen) atoms. The first-order valence-electron chi connectivity index (χ1n) is 8.31. The summed E-state index contributed by atoms with van der Waals surface area (Å²) in [6.07, 6.45) is 5.02. The van der Waals surface area contributed by atoms with Gasteiger partial charge in [0.25, 0.3) is 5.91 Å². The Morgan fingerprint density at radius 3 is 2.83 bits per heavy atom. The van der Waals surface area contributed by atoms with Gasteiger partial charge in [0.2, 0.25) is 0 Å². The van der Waals surface area contributed by atoms with E-state index in [1.165, 1.54) is 12.6 Å². The normalized spacial score (nSPS) is 31.7. The van der Waals surface area contributed by atoms with E-state index in [1.54, 1.807) is 6.07 Å². The van der Waals surface area contributed by atoms with Crippen LogP contribution in [0.5, 0.6) is 0 Å². The van der Waals surface area contributed by atoms with Crippen molar-refractivity contribution in [3.63, 3.8) is 0 Å². The number of nitrogens with one attached hydrogen (secondary N) is 2. The van der Waals surface area contributed by atoms with Crippen molar-refractivity contribution in [2.45, 2.75) is 39.7 Å². The standard InChI is InChI=1S/C18H22FN3O/c1-9-12-4-10(18(12,2)3)5-14(9)22-17(23)15-6-11-13(19)7-20-8-16(11)21-15/h6-10,12,14,21H,4-5H2,1-3H3,(H,22,23)/t9-,10+,12-,14-/m0/s1. The fourth-order valence-electron chi connectivity index (χ4n) is 4.73. The summed E-state index contributed by atoms with van der Waals surface area (Å²) in [6.45, 7) is 6.92. The van der Waals surface area contributed by atoms with Crippen molar-refractivity contribution in [1.29, 1.82) is 0 Å². The second-order valence-electron chi connectivity index (χ2n) is 7.80. The number of rotatable bonds is 2. The van der Waals surface area contributed by atoms with Crippen molar-refractivity contribution in [3.05, 3.63) is 30.0 Å². The molecule has 3 aliphatic rings. The summed E-state index contributed by atoms with van der Waals surface area (Å²) in [5, 5.41) is 3.56. The fourth-order valence-corrected chi connectivity index (χ4v) is 4.73. The molecule has 0 aliphatic heterocycles. The molecule has 2 aromatic heterocycles. The van der Waals surface area contributed by atoms with Crippen molar-refractivity contribution in [2.75, 3.05) is 0 Å². The van der Waals surface area contributed by atoms with E-state index >= 15 is 0 Å². The second kappa shape index (κ2) is 4.79. The molecule has 2 bridgehead atoms. The van der Waals surface area contributed by atoms with E-state index in [-0.39, 0.29) is 11.9 Å². The third-order valence-electron chi connectivity index (χ3n) is 6.41. The first-order valence-corrected chi connectivity index (χ1v) is 8.31.